The third-order valence-electron chi connectivity index (χ3n) is 9.08. The van der Waals surface area contributed by atoms with Gasteiger partial charge in [-0.1, -0.05) is 187 Å². The zero-order chi connectivity index (χ0) is 68.2. The summed E-state index contributed by atoms with van der Waals surface area (Å²) in [6, 6.07) is -38.9. The lowest BCUT2D eigenvalue weighted by atomic mass is 10.1. The van der Waals surface area contributed by atoms with Crippen LogP contribution in [0.2, 0.25) is 0 Å². The molecular weight excluding hydrogens is 709 g/mol. The quantitative estimate of drug-likeness (QED) is 0.119. The Labute approximate surface area is 380 Å². The van der Waals surface area contributed by atoms with E-state index in [2.05, 4.69) is 9.97 Å². The van der Waals surface area contributed by atoms with Crippen molar-refractivity contribution in [1.82, 2.24) is 19.1 Å². The SMILES string of the molecule is [2H]c1c([2H])c([2H])c([Si](c2c([2H])c([2H])c([2H])c([2H])c2[2H])(c2c([2H])c([2H])c([2H])c([2H])c2[2H])c2c([2H])c([2H])c([2H])c(-c3cc(-n4c5c([2H])c([2H])c([2H])c([2H])c5c5c([2H])c([2H])c([2H])c([2H])c54)nc(-n4c5c([2H])c([2H])c([2H])c([2H])c5c5c([2H])c([2H])c([2H])c([2H])c54)n3)c2[2H])c([2H])c1[2H]. The van der Waals surface area contributed by atoms with E-state index in [0.717, 1.165) is 10.6 Å². The Bertz CT molecular complexity index is 4720. The molecule has 0 fully saturated rings. The molecule has 57 heavy (non-hydrogen) atoms. The van der Waals surface area contributed by atoms with Crippen LogP contribution in [0.4, 0.5) is 0 Å². The van der Waals surface area contributed by atoms with Crippen molar-refractivity contribution in [2.24, 2.45) is 0 Å². The van der Waals surface area contributed by atoms with Crippen molar-refractivity contribution in [1.29, 1.82) is 0 Å². The maximum Gasteiger partial charge on any atom is 0.237 e. The second-order valence-corrected chi connectivity index (χ2v) is 15.5. The Morgan fingerprint density at radius 1 is 0.368 bits per heavy atom. The van der Waals surface area contributed by atoms with Gasteiger partial charge in [-0.15, -0.1) is 0 Å². The van der Waals surface area contributed by atoms with Gasteiger partial charge in [0.05, 0.1) is 75.7 Å². The summed E-state index contributed by atoms with van der Waals surface area (Å²) in [5.74, 6) is -1.90. The lowest BCUT2D eigenvalue weighted by Gasteiger charge is -2.34. The van der Waals surface area contributed by atoms with Gasteiger partial charge in [-0.25, -0.2) is 4.98 Å². The van der Waals surface area contributed by atoms with E-state index in [0.29, 0.717) is 4.57 Å². The minimum Gasteiger partial charge on any atom is -0.294 e. The Hall–Kier alpha value is -7.34. The standard InChI is InChI=1S/C52H36N4Si/c1-4-20-38(21-5-1)57(39-22-6-2-7-23-39,40-24-8-3-9-25-40)41-26-18-19-37(35-41)46-36-51(55-47-31-14-10-27-42(47)43-28-11-15-32-48(43)55)54-52(53-46)56-49-33-16-12-29-44(49)45-30-13-17-34-50(45)56/h1-36H/i1D,2D,3D,4D,5D,6D,7D,8D,9D,10D,11D,12D,13D,14D,15D,16D,17D,18D,19D,20D,21D,22D,23D,24D,25D,26D,27D,28D,29D,30D,31D,32D,33D,34D,35D. The molecule has 0 atom stereocenters. The Kier molecular flexibility index (Phi) is 3.10. The Morgan fingerprint density at radius 3 is 1.21 bits per heavy atom. The van der Waals surface area contributed by atoms with Gasteiger partial charge < -0.3 is 0 Å². The number of aromatic nitrogens is 4. The van der Waals surface area contributed by atoms with Gasteiger partial charge in [0, 0.05) is 33.2 Å². The molecule has 0 saturated carbocycles. The summed E-state index contributed by atoms with van der Waals surface area (Å²) in [5, 5.41) is -7.32. The topological polar surface area (TPSA) is 35.6 Å². The van der Waals surface area contributed by atoms with Crippen LogP contribution >= 0.6 is 0 Å². The average molecular weight is 780 g/mol. The van der Waals surface area contributed by atoms with Gasteiger partial charge in [0.2, 0.25) is 5.95 Å². The summed E-state index contributed by atoms with van der Waals surface area (Å²) < 4.78 is 323. The van der Waals surface area contributed by atoms with Gasteiger partial charge in [-0.2, -0.15) is 4.98 Å². The molecule has 0 N–H and O–H groups in total. The summed E-state index contributed by atoms with van der Waals surface area (Å²) in [4.78, 5) is 9.33. The molecule has 8 aromatic carbocycles. The molecule has 0 saturated heterocycles. The first-order valence-electron chi connectivity index (χ1n) is 34.1. The third-order valence-corrected chi connectivity index (χ3v) is 13.1. The molecule has 0 unspecified atom stereocenters. The maximum absolute atomic E-state index is 10.6. The van der Waals surface area contributed by atoms with Gasteiger partial charge in [0.25, 0.3) is 0 Å². The number of benzene rings is 8. The maximum atomic E-state index is 10.6. The summed E-state index contributed by atoms with van der Waals surface area (Å²) in [6.45, 7) is 0. The summed E-state index contributed by atoms with van der Waals surface area (Å²) in [5.41, 5.74) is -4.94. The number of fused-ring (bicyclic) bond motifs is 6. The normalized spacial score (nSPS) is 20.5. The van der Waals surface area contributed by atoms with Crippen molar-refractivity contribution in [2.75, 3.05) is 0 Å². The number of hydrogen-bond donors (Lipinski definition) is 0. The number of nitrogens with zero attached hydrogens (tertiary/aromatic N) is 4. The first-order valence-corrected chi connectivity index (χ1v) is 18.6. The largest absolute Gasteiger partial charge is 0.294 e. The fraction of sp³-hybridized carbons (Fsp3) is 0. The highest BCUT2D eigenvalue weighted by Gasteiger charge is 2.41. The fourth-order valence-corrected chi connectivity index (χ4v) is 10.3. The zero-order valence-electron chi connectivity index (χ0n) is 63.4. The van der Waals surface area contributed by atoms with E-state index in [1.54, 1.807) is 0 Å². The second-order valence-electron chi connectivity index (χ2n) is 12.0. The van der Waals surface area contributed by atoms with Crippen LogP contribution in [0.3, 0.4) is 0 Å². The van der Waals surface area contributed by atoms with Crippen LogP contribution < -0.4 is 20.7 Å². The van der Waals surface area contributed by atoms with Crippen LogP contribution in [0.5, 0.6) is 0 Å². The lowest BCUT2D eigenvalue weighted by molar-refractivity contribution is 0.952. The summed E-state index contributed by atoms with van der Waals surface area (Å²) >= 11 is 0. The van der Waals surface area contributed by atoms with E-state index < -0.39 is 307 Å². The van der Waals surface area contributed by atoms with Crippen molar-refractivity contribution in [3.05, 3.63) is 218 Å². The Balaban J connectivity index is 1.49. The molecule has 11 rings (SSSR count). The van der Waals surface area contributed by atoms with Gasteiger partial charge >= 0.3 is 0 Å². The minimum absolute atomic E-state index is 0.580. The predicted octanol–water partition coefficient (Wildman–Crippen LogP) is 9.72. The van der Waals surface area contributed by atoms with E-state index in [9.17, 15) is 19.2 Å². The molecule has 268 valence electrons. The molecule has 0 radical (unpaired) electrons. The summed E-state index contributed by atoms with van der Waals surface area (Å²) in [7, 11) is -6.58. The van der Waals surface area contributed by atoms with Gasteiger partial charge in [-0.3, -0.25) is 9.13 Å². The van der Waals surface area contributed by atoms with Gasteiger partial charge in [0.15, 0.2) is 8.07 Å². The molecule has 0 aliphatic heterocycles. The van der Waals surface area contributed by atoms with Crippen LogP contribution in [0.1, 0.15) is 48.0 Å². The monoisotopic (exact) mass is 779 g/mol. The molecule has 0 aliphatic rings. The zero-order valence-corrected chi connectivity index (χ0v) is 29.4. The van der Waals surface area contributed by atoms with Crippen molar-refractivity contribution in [2.45, 2.75) is 0 Å². The molecule has 0 bridgehead atoms. The van der Waals surface area contributed by atoms with Gasteiger partial charge in [-0.05, 0) is 44.9 Å². The second kappa shape index (κ2) is 13.4. The highest BCUT2D eigenvalue weighted by atomic mass is 28.3. The average Bonchev–Trinajstić information content (AvgIpc) is 0.793. The van der Waals surface area contributed by atoms with Crippen molar-refractivity contribution < 1.29 is 48.0 Å². The molecular formula is C52H36N4Si. The molecule has 0 amide bonds. The molecule has 5 heteroatoms. The van der Waals surface area contributed by atoms with Crippen LogP contribution in [0.15, 0.2) is 218 Å². The molecule has 0 aliphatic carbocycles. The molecule has 0 spiro atoms. The van der Waals surface area contributed by atoms with Gasteiger partial charge in [0.1, 0.15) is 5.82 Å². The lowest BCUT2D eigenvalue weighted by Crippen LogP contribution is -2.74. The molecule has 4 nitrogen and oxygen atoms in total. The number of hydrogen-bond acceptors (Lipinski definition) is 2. The minimum atomic E-state index is -6.58. The van der Waals surface area contributed by atoms with E-state index in [1.165, 1.54) is 0 Å². The van der Waals surface area contributed by atoms with E-state index >= 15 is 0 Å². The van der Waals surface area contributed by atoms with E-state index in [4.69, 9.17) is 28.8 Å². The van der Waals surface area contributed by atoms with E-state index in [-0.39, 0.29) is 0 Å². The predicted molar refractivity (Wildman–Crippen MR) is 240 cm³/mol. The smallest absolute Gasteiger partial charge is 0.237 e. The van der Waals surface area contributed by atoms with Crippen LogP contribution in [-0.4, -0.2) is 27.2 Å². The van der Waals surface area contributed by atoms with Crippen molar-refractivity contribution in [3.63, 3.8) is 0 Å². The Morgan fingerprint density at radius 2 is 0.754 bits per heavy atom. The third kappa shape index (κ3) is 5.20. The molecule has 3 aromatic heterocycles. The number of para-hydroxylation sites is 4. The fourth-order valence-electron chi connectivity index (χ4n) is 6.76. The summed E-state index contributed by atoms with van der Waals surface area (Å²) in [6.07, 6.45) is 0. The highest BCUT2D eigenvalue weighted by Crippen LogP contribution is 2.35. The highest BCUT2D eigenvalue weighted by molar-refractivity contribution is 7.19. The number of rotatable bonds is 7. The van der Waals surface area contributed by atoms with Crippen LogP contribution in [0.25, 0.3) is 66.6 Å². The van der Waals surface area contributed by atoms with Crippen LogP contribution in [0, 0.1) is 0 Å². The van der Waals surface area contributed by atoms with Crippen molar-refractivity contribution >= 4 is 72.4 Å². The van der Waals surface area contributed by atoms with Crippen molar-refractivity contribution in [3.8, 4) is 23.0 Å². The van der Waals surface area contributed by atoms with Crippen LogP contribution in [-0.2, 0) is 0 Å². The molecule has 11 aromatic rings. The first kappa shape index (κ1) is 13.1. The first-order chi connectivity index (χ1) is 42.8. The molecule has 3 heterocycles. The van der Waals surface area contributed by atoms with E-state index in [1.807, 2.05) is 0 Å².